The van der Waals surface area contributed by atoms with E-state index in [4.69, 9.17) is 11.6 Å². The van der Waals surface area contributed by atoms with Gasteiger partial charge < -0.3 is 15.1 Å². The highest BCUT2D eigenvalue weighted by atomic mass is 35.5. The molecule has 1 saturated heterocycles. The van der Waals surface area contributed by atoms with E-state index < -0.39 is 0 Å². The van der Waals surface area contributed by atoms with Crippen molar-refractivity contribution in [3.63, 3.8) is 0 Å². The number of piperidine rings is 1. The van der Waals surface area contributed by atoms with Crippen LogP contribution in [0.25, 0.3) is 0 Å². The Kier molecular flexibility index (Phi) is 3.97. The smallest absolute Gasteiger partial charge is 0.257 e. The maximum atomic E-state index is 12.3. The Morgan fingerprint density at radius 1 is 1.39 bits per heavy atom. The largest absolute Gasteiger partial charge is 0.508 e. The topological polar surface area (TPSA) is 60.8 Å². The quantitative estimate of drug-likeness (QED) is 0.810. The van der Waals surface area contributed by atoms with Crippen molar-refractivity contribution in [3.8, 4) is 11.5 Å². The number of carbonyl (C=O) groups is 1. The SMILES string of the molecule is O=C(c1ccc(O)cc1O)N1CCCCC1CCl. The molecule has 0 aliphatic carbocycles. The average molecular weight is 270 g/mol. The summed E-state index contributed by atoms with van der Waals surface area (Å²) in [4.78, 5) is 14.0. The minimum atomic E-state index is -0.224. The molecule has 1 aliphatic heterocycles. The normalized spacial score (nSPS) is 19.8. The summed E-state index contributed by atoms with van der Waals surface area (Å²) in [7, 11) is 0. The number of phenols is 2. The fraction of sp³-hybridized carbons (Fsp3) is 0.462. The Morgan fingerprint density at radius 3 is 2.83 bits per heavy atom. The van der Waals surface area contributed by atoms with Crippen molar-refractivity contribution in [2.24, 2.45) is 0 Å². The summed E-state index contributed by atoms with van der Waals surface area (Å²) >= 11 is 5.88. The molecule has 1 aromatic carbocycles. The van der Waals surface area contributed by atoms with Crippen LogP contribution in [-0.4, -0.2) is 39.5 Å². The third-order valence-electron chi connectivity index (χ3n) is 3.28. The van der Waals surface area contributed by atoms with Crippen molar-refractivity contribution < 1.29 is 15.0 Å². The number of hydrogen-bond donors (Lipinski definition) is 2. The van der Waals surface area contributed by atoms with E-state index in [0.717, 1.165) is 19.3 Å². The summed E-state index contributed by atoms with van der Waals surface area (Å²) in [5, 5.41) is 18.9. The highest BCUT2D eigenvalue weighted by molar-refractivity contribution is 6.18. The van der Waals surface area contributed by atoms with Gasteiger partial charge in [-0.05, 0) is 31.4 Å². The predicted octanol–water partition coefficient (Wildman–Crippen LogP) is 2.33. The van der Waals surface area contributed by atoms with E-state index in [1.54, 1.807) is 4.90 Å². The second-order valence-corrected chi connectivity index (χ2v) is 4.81. The van der Waals surface area contributed by atoms with E-state index in [0.29, 0.717) is 12.4 Å². The Labute approximate surface area is 111 Å². The minimum Gasteiger partial charge on any atom is -0.508 e. The molecular formula is C13H16ClNO3. The van der Waals surface area contributed by atoms with Crippen molar-refractivity contribution in [2.75, 3.05) is 12.4 Å². The van der Waals surface area contributed by atoms with Crippen molar-refractivity contribution in [1.29, 1.82) is 0 Å². The zero-order valence-corrected chi connectivity index (χ0v) is 10.7. The highest BCUT2D eigenvalue weighted by Gasteiger charge is 2.28. The Balaban J connectivity index is 2.24. The second kappa shape index (κ2) is 5.48. The molecule has 1 aliphatic rings. The molecule has 0 spiro atoms. The zero-order valence-electron chi connectivity index (χ0n) is 9.97. The molecule has 0 bridgehead atoms. The molecular weight excluding hydrogens is 254 g/mol. The fourth-order valence-corrected chi connectivity index (χ4v) is 2.60. The van der Waals surface area contributed by atoms with Gasteiger partial charge in [0.25, 0.3) is 5.91 Å². The lowest BCUT2D eigenvalue weighted by Crippen LogP contribution is -2.44. The standard InChI is InChI=1S/C13H16ClNO3/c14-8-9-3-1-2-6-15(9)13(18)11-5-4-10(16)7-12(11)17/h4-5,7,9,16-17H,1-3,6,8H2. The van der Waals surface area contributed by atoms with Crippen LogP contribution >= 0.6 is 11.6 Å². The molecule has 1 unspecified atom stereocenters. The van der Waals surface area contributed by atoms with Gasteiger partial charge in [0.05, 0.1) is 5.56 Å². The lowest BCUT2D eigenvalue weighted by Gasteiger charge is -2.34. The first-order valence-electron chi connectivity index (χ1n) is 6.02. The highest BCUT2D eigenvalue weighted by Crippen LogP contribution is 2.27. The average Bonchev–Trinajstić information content (AvgIpc) is 2.38. The molecule has 18 heavy (non-hydrogen) atoms. The van der Waals surface area contributed by atoms with Gasteiger partial charge in [0, 0.05) is 24.5 Å². The molecule has 1 atom stereocenters. The lowest BCUT2D eigenvalue weighted by molar-refractivity contribution is 0.0636. The van der Waals surface area contributed by atoms with Crippen LogP contribution in [0.1, 0.15) is 29.6 Å². The molecule has 0 radical (unpaired) electrons. The van der Waals surface area contributed by atoms with Crippen LogP contribution in [0.2, 0.25) is 0 Å². The molecule has 2 rings (SSSR count). The summed E-state index contributed by atoms with van der Waals surface area (Å²) in [6.45, 7) is 0.663. The molecule has 0 saturated carbocycles. The number of rotatable bonds is 2. The molecule has 1 aromatic rings. The van der Waals surface area contributed by atoms with E-state index in [1.165, 1.54) is 18.2 Å². The molecule has 1 heterocycles. The Bertz CT molecular complexity index is 450. The van der Waals surface area contributed by atoms with E-state index in [2.05, 4.69) is 0 Å². The van der Waals surface area contributed by atoms with Gasteiger partial charge in [0.15, 0.2) is 0 Å². The van der Waals surface area contributed by atoms with Crippen molar-refractivity contribution in [3.05, 3.63) is 23.8 Å². The Morgan fingerprint density at radius 2 is 2.17 bits per heavy atom. The van der Waals surface area contributed by atoms with Crippen molar-refractivity contribution in [1.82, 2.24) is 4.90 Å². The van der Waals surface area contributed by atoms with Crippen LogP contribution in [-0.2, 0) is 0 Å². The maximum absolute atomic E-state index is 12.3. The van der Waals surface area contributed by atoms with Gasteiger partial charge in [0.1, 0.15) is 11.5 Å². The van der Waals surface area contributed by atoms with Crippen LogP contribution in [0.4, 0.5) is 0 Å². The summed E-state index contributed by atoms with van der Waals surface area (Å²) in [5.41, 5.74) is 0.213. The van der Waals surface area contributed by atoms with Crippen LogP contribution in [0.5, 0.6) is 11.5 Å². The van der Waals surface area contributed by atoms with Gasteiger partial charge in [-0.1, -0.05) is 0 Å². The van der Waals surface area contributed by atoms with Gasteiger partial charge >= 0.3 is 0 Å². The van der Waals surface area contributed by atoms with Crippen LogP contribution in [0.3, 0.4) is 0 Å². The number of alkyl halides is 1. The first-order chi connectivity index (χ1) is 8.63. The molecule has 5 heteroatoms. The van der Waals surface area contributed by atoms with E-state index in [9.17, 15) is 15.0 Å². The number of benzene rings is 1. The first-order valence-corrected chi connectivity index (χ1v) is 6.56. The van der Waals surface area contributed by atoms with Crippen LogP contribution in [0.15, 0.2) is 18.2 Å². The summed E-state index contributed by atoms with van der Waals surface area (Å²) in [5.74, 6) is -0.0711. The molecule has 1 amide bonds. The fourth-order valence-electron chi connectivity index (χ4n) is 2.28. The van der Waals surface area contributed by atoms with Gasteiger partial charge in [-0.3, -0.25) is 4.79 Å². The Hall–Kier alpha value is -1.42. The number of aromatic hydroxyl groups is 2. The second-order valence-electron chi connectivity index (χ2n) is 4.50. The number of halogens is 1. The van der Waals surface area contributed by atoms with Crippen molar-refractivity contribution in [2.45, 2.75) is 25.3 Å². The number of likely N-dealkylation sites (tertiary alicyclic amines) is 1. The maximum Gasteiger partial charge on any atom is 0.257 e. The lowest BCUT2D eigenvalue weighted by atomic mass is 10.0. The van der Waals surface area contributed by atoms with Gasteiger partial charge in [0.2, 0.25) is 0 Å². The number of carbonyl (C=O) groups excluding carboxylic acids is 1. The zero-order chi connectivity index (χ0) is 13.1. The third-order valence-corrected chi connectivity index (χ3v) is 3.63. The summed E-state index contributed by atoms with van der Waals surface area (Å²) in [6.07, 6.45) is 2.93. The monoisotopic (exact) mass is 269 g/mol. The predicted molar refractivity (Wildman–Crippen MR) is 69.2 cm³/mol. The number of nitrogens with zero attached hydrogens (tertiary/aromatic N) is 1. The number of amides is 1. The van der Waals surface area contributed by atoms with Gasteiger partial charge in [-0.2, -0.15) is 0 Å². The molecule has 0 aromatic heterocycles. The van der Waals surface area contributed by atoms with E-state index in [1.807, 2.05) is 0 Å². The van der Waals surface area contributed by atoms with Gasteiger partial charge in [-0.15, -0.1) is 11.6 Å². The van der Waals surface area contributed by atoms with E-state index >= 15 is 0 Å². The van der Waals surface area contributed by atoms with E-state index in [-0.39, 0.29) is 29.0 Å². The van der Waals surface area contributed by atoms with Crippen LogP contribution in [0, 0.1) is 0 Å². The first kappa shape index (κ1) is 13.0. The van der Waals surface area contributed by atoms with Crippen molar-refractivity contribution >= 4 is 17.5 Å². The summed E-state index contributed by atoms with van der Waals surface area (Å²) in [6, 6.07) is 4.04. The minimum absolute atomic E-state index is 0.0288. The number of phenolic OH excluding ortho intramolecular Hbond substituents is 2. The summed E-state index contributed by atoms with van der Waals surface area (Å²) < 4.78 is 0. The number of hydrogen-bond acceptors (Lipinski definition) is 3. The molecule has 98 valence electrons. The van der Waals surface area contributed by atoms with Crippen LogP contribution < -0.4 is 0 Å². The molecule has 2 N–H and O–H groups in total. The third kappa shape index (κ3) is 2.53. The molecule has 4 nitrogen and oxygen atoms in total. The molecule has 1 fully saturated rings. The van der Waals surface area contributed by atoms with Gasteiger partial charge in [-0.25, -0.2) is 0 Å².